The van der Waals surface area contributed by atoms with Crippen LogP contribution in [-0.2, 0) is 28.6 Å². The Balaban J connectivity index is 1.56. The van der Waals surface area contributed by atoms with Gasteiger partial charge in [-0.3, -0.25) is 19.2 Å². The summed E-state index contributed by atoms with van der Waals surface area (Å²) in [6, 6.07) is 0. The molecule has 0 aromatic carbocycles. The van der Waals surface area contributed by atoms with Crippen molar-refractivity contribution in [1.29, 1.82) is 0 Å². The number of hydroxylamine groups is 2. The molecule has 0 spiro atoms. The highest BCUT2D eigenvalue weighted by Crippen LogP contribution is 2.40. The fourth-order valence-corrected chi connectivity index (χ4v) is 2.44. The quantitative estimate of drug-likeness (QED) is 0.416. The molecular weight excluding hydrogens is 274 g/mol. The summed E-state index contributed by atoms with van der Waals surface area (Å²) in [5.74, 6) is -3.49. The van der Waals surface area contributed by atoms with Crippen molar-refractivity contribution in [3.05, 3.63) is 0 Å². The maximum atomic E-state index is 11.5. The number of amides is 2. The minimum Gasteiger partial charge on any atom is -0.374 e. The standard InChI is InChI=1S/C11H13NO8/c13-7-1-2-8(14)12(7)20-10(15)19-11(16)5-6-3-4-17-9(6)18-11/h6,9,16H,1-5H2/t6-,9+,11?/m0/s1. The molecule has 3 rings (SSSR count). The predicted molar refractivity (Wildman–Crippen MR) is 57.2 cm³/mol. The molecule has 0 bridgehead atoms. The minimum atomic E-state index is -2.15. The summed E-state index contributed by atoms with van der Waals surface area (Å²) in [5.41, 5.74) is 0. The number of hydrogen-bond donors (Lipinski definition) is 1. The summed E-state index contributed by atoms with van der Waals surface area (Å²) in [4.78, 5) is 38.5. The number of rotatable bonds is 2. The third-order valence-corrected chi connectivity index (χ3v) is 3.39. The second-order valence-corrected chi connectivity index (χ2v) is 4.85. The molecule has 0 radical (unpaired) electrons. The van der Waals surface area contributed by atoms with Crippen LogP contribution in [0.15, 0.2) is 0 Å². The van der Waals surface area contributed by atoms with Gasteiger partial charge in [0, 0.05) is 25.2 Å². The van der Waals surface area contributed by atoms with Gasteiger partial charge in [0.2, 0.25) is 0 Å². The number of ether oxygens (including phenoxy) is 3. The number of carbonyl (C=O) groups is 3. The Morgan fingerprint density at radius 1 is 1.35 bits per heavy atom. The van der Waals surface area contributed by atoms with Crippen LogP contribution in [0.1, 0.15) is 25.7 Å². The molecule has 9 nitrogen and oxygen atoms in total. The first-order valence-corrected chi connectivity index (χ1v) is 6.25. The van der Waals surface area contributed by atoms with Gasteiger partial charge in [-0.25, -0.2) is 4.79 Å². The van der Waals surface area contributed by atoms with Crippen LogP contribution in [0.25, 0.3) is 0 Å². The monoisotopic (exact) mass is 287 g/mol. The lowest BCUT2D eigenvalue weighted by atomic mass is 10.1. The van der Waals surface area contributed by atoms with E-state index in [0.717, 1.165) is 0 Å². The fraction of sp³-hybridized carbons (Fsp3) is 0.727. The van der Waals surface area contributed by atoms with Gasteiger partial charge < -0.3 is 14.6 Å². The number of aliphatic hydroxyl groups is 1. The first-order valence-electron chi connectivity index (χ1n) is 6.25. The molecule has 3 heterocycles. The molecule has 9 heteroatoms. The number of fused-ring (bicyclic) bond motifs is 1. The number of hydrogen-bond acceptors (Lipinski definition) is 8. The van der Waals surface area contributed by atoms with E-state index in [1.807, 2.05) is 0 Å². The van der Waals surface area contributed by atoms with E-state index in [1.54, 1.807) is 0 Å². The van der Waals surface area contributed by atoms with Gasteiger partial charge in [-0.15, -0.1) is 0 Å². The van der Waals surface area contributed by atoms with Crippen molar-refractivity contribution in [3.8, 4) is 0 Å². The number of carbonyl (C=O) groups excluding carboxylic acids is 3. The Bertz CT molecular complexity index is 435. The van der Waals surface area contributed by atoms with Gasteiger partial charge in [0.25, 0.3) is 11.8 Å². The SMILES string of the molecule is O=C(ON1C(=O)CCC1=O)OC1(O)C[C@@H]2CCO[C@@H]2O1. The predicted octanol–water partition coefficient (Wildman–Crippen LogP) is -0.367. The summed E-state index contributed by atoms with van der Waals surface area (Å²) < 4.78 is 14.9. The van der Waals surface area contributed by atoms with Gasteiger partial charge in [0.05, 0.1) is 6.61 Å². The first-order chi connectivity index (χ1) is 9.47. The van der Waals surface area contributed by atoms with E-state index in [9.17, 15) is 19.5 Å². The van der Waals surface area contributed by atoms with E-state index in [-0.39, 0.29) is 25.2 Å². The van der Waals surface area contributed by atoms with Gasteiger partial charge in [-0.05, 0) is 6.42 Å². The van der Waals surface area contributed by atoms with Crippen molar-refractivity contribution in [2.45, 2.75) is 37.9 Å². The lowest BCUT2D eigenvalue weighted by Crippen LogP contribution is -2.39. The molecule has 3 aliphatic rings. The zero-order valence-corrected chi connectivity index (χ0v) is 10.4. The van der Waals surface area contributed by atoms with Crippen LogP contribution in [0.3, 0.4) is 0 Å². The summed E-state index contributed by atoms with van der Waals surface area (Å²) in [6.45, 7) is 0.520. The lowest BCUT2D eigenvalue weighted by Gasteiger charge is -2.23. The molecule has 3 aliphatic heterocycles. The third kappa shape index (κ3) is 2.35. The van der Waals surface area contributed by atoms with Crippen LogP contribution >= 0.6 is 0 Å². The average molecular weight is 287 g/mol. The number of nitrogens with zero attached hydrogens (tertiary/aromatic N) is 1. The Kier molecular flexibility index (Phi) is 3.11. The summed E-state index contributed by atoms with van der Waals surface area (Å²) in [7, 11) is 0. The Labute approximate surface area is 113 Å². The van der Waals surface area contributed by atoms with Crippen LogP contribution in [0.4, 0.5) is 4.79 Å². The van der Waals surface area contributed by atoms with E-state index >= 15 is 0 Å². The summed E-state index contributed by atoms with van der Waals surface area (Å²) in [6.07, 6.45) is -1.31. The molecule has 20 heavy (non-hydrogen) atoms. The molecule has 1 N–H and O–H groups in total. The second-order valence-electron chi connectivity index (χ2n) is 4.85. The maximum Gasteiger partial charge on any atom is 0.538 e. The largest absolute Gasteiger partial charge is 0.538 e. The van der Waals surface area contributed by atoms with Gasteiger partial charge in [0.15, 0.2) is 6.29 Å². The topological polar surface area (TPSA) is 112 Å². The Morgan fingerprint density at radius 3 is 2.70 bits per heavy atom. The first kappa shape index (κ1) is 13.3. The fourth-order valence-electron chi connectivity index (χ4n) is 2.44. The van der Waals surface area contributed by atoms with Crippen LogP contribution in [0, 0.1) is 5.92 Å². The van der Waals surface area contributed by atoms with Crippen LogP contribution in [0.2, 0.25) is 0 Å². The molecule has 1 unspecified atom stereocenters. The van der Waals surface area contributed by atoms with E-state index < -0.39 is 30.2 Å². The zero-order chi connectivity index (χ0) is 14.3. The van der Waals surface area contributed by atoms with Gasteiger partial charge in [-0.2, -0.15) is 0 Å². The van der Waals surface area contributed by atoms with Gasteiger partial charge in [-0.1, -0.05) is 5.06 Å². The van der Waals surface area contributed by atoms with Crippen molar-refractivity contribution >= 4 is 18.0 Å². The van der Waals surface area contributed by atoms with Crippen LogP contribution in [0.5, 0.6) is 0 Å². The third-order valence-electron chi connectivity index (χ3n) is 3.39. The van der Waals surface area contributed by atoms with Crippen molar-refractivity contribution < 1.29 is 38.5 Å². The number of imide groups is 1. The van der Waals surface area contributed by atoms with E-state index in [4.69, 9.17) is 9.47 Å². The molecule has 0 aliphatic carbocycles. The van der Waals surface area contributed by atoms with Crippen molar-refractivity contribution in [3.63, 3.8) is 0 Å². The molecule has 110 valence electrons. The van der Waals surface area contributed by atoms with E-state index in [0.29, 0.717) is 18.1 Å². The van der Waals surface area contributed by atoms with Gasteiger partial charge >= 0.3 is 12.1 Å². The Morgan fingerprint density at radius 2 is 2.05 bits per heavy atom. The highest BCUT2D eigenvalue weighted by atomic mass is 16.9. The molecule has 3 atom stereocenters. The van der Waals surface area contributed by atoms with Crippen LogP contribution in [-0.4, -0.2) is 47.0 Å². The minimum absolute atomic E-state index is 0.0229. The summed E-state index contributed by atoms with van der Waals surface area (Å²) >= 11 is 0. The highest BCUT2D eigenvalue weighted by molar-refractivity contribution is 6.01. The smallest absolute Gasteiger partial charge is 0.374 e. The highest BCUT2D eigenvalue weighted by Gasteiger charge is 2.52. The molecular formula is C11H13NO8. The maximum absolute atomic E-state index is 11.5. The van der Waals surface area contributed by atoms with E-state index in [1.165, 1.54) is 0 Å². The molecule has 0 aromatic rings. The van der Waals surface area contributed by atoms with Crippen molar-refractivity contribution in [2.24, 2.45) is 5.92 Å². The van der Waals surface area contributed by atoms with Crippen molar-refractivity contribution in [2.75, 3.05) is 6.61 Å². The normalized spacial score (nSPS) is 36.4. The summed E-state index contributed by atoms with van der Waals surface area (Å²) in [5, 5.41) is 10.3. The molecule has 0 saturated carbocycles. The van der Waals surface area contributed by atoms with Gasteiger partial charge in [0.1, 0.15) is 0 Å². The molecule has 3 fully saturated rings. The van der Waals surface area contributed by atoms with Crippen LogP contribution < -0.4 is 0 Å². The van der Waals surface area contributed by atoms with E-state index in [2.05, 4.69) is 9.57 Å². The Hall–Kier alpha value is -1.71. The molecule has 0 aromatic heterocycles. The molecule has 3 saturated heterocycles. The van der Waals surface area contributed by atoms with Crippen molar-refractivity contribution in [1.82, 2.24) is 5.06 Å². The average Bonchev–Trinajstić information content (AvgIpc) is 2.98. The second kappa shape index (κ2) is 4.69. The molecule has 2 amide bonds. The lowest BCUT2D eigenvalue weighted by molar-refractivity contribution is -0.355. The zero-order valence-electron chi connectivity index (χ0n) is 10.4.